The Morgan fingerprint density at radius 3 is 2.10 bits per heavy atom. The Morgan fingerprint density at radius 1 is 1.30 bits per heavy atom. The molecule has 0 aromatic carbocycles. The topological polar surface area (TPSA) is 17.1 Å². The molecule has 0 radical (unpaired) electrons. The van der Waals surface area contributed by atoms with Gasteiger partial charge in [-0.15, -0.1) is 0 Å². The average molecular weight is 205 g/mol. The number of rotatable bonds is 1. The first-order chi connectivity index (χ1) is 4.65. The molecule has 1 aliphatic rings. The van der Waals surface area contributed by atoms with Crippen LogP contribution in [0.4, 0.5) is 0 Å². The molecule has 58 valence electrons. The molecule has 0 unspecified atom stereocenters. The molecule has 1 aliphatic carbocycles. The molecule has 1 nitrogen and oxygen atoms in total. The van der Waals surface area contributed by atoms with Crippen LogP contribution in [0.2, 0.25) is 0 Å². The van der Waals surface area contributed by atoms with Crippen molar-refractivity contribution in [3.05, 3.63) is 0 Å². The SMILES string of the molecule is CC1(C(=O)Br)CCCCC1. The molecule has 10 heavy (non-hydrogen) atoms. The fourth-order valence-electron chi connectivity index (χ4n) is 1.53. The van der Waals surface area contributed by atoms with Crippen molar-refractivity contribution in [1.29, 1.82) is 0 Å². The normalized spacial score (nSPS) is 24.2. The van der Waals surface area contributed by atoms with Crippen molar-refractivity contribution in [3.8, 4) is 0 Å². The summed E-state index contributed by atoms with van der Waals surface area (Å²) >= 11 is 3.05. The predicted octanol–water partition coefficient (Wildman–Crippen LogP) is 2.88. The third-order valence-corrected chi connectivity index (χ3v) is 3.39. The molecular weight excluding hydrogens is 192 g/mol. The molecule has 0 aromatic heterocycles. The van der Waals surface area contributed by atoms with Crippen molar-refractivity contribution in [1.82, 2.24) is 0 Å². The minimum atomic E-state index is -0.0434. The number of halogens is 1. The van der Waals surface area contributed by atoms with Crippen molar-refractivity contribution >= 4 is 20.6 Å². The van der Waals surface area contributed by atoms with E-state index in [-0.39, 0.29) is 10.1 Å². The summed E-state index contributed by atoms with van der Waals surface area (Å²) in [5.41, 5.74) is -0.0434. The standard InChI is InChI=1S/C8H13BrO/c1-8(7(9)10)5-3-2-4-6-8/h2-6H2,1H3. The summed E-state index contributed by atoms with van der Waals surface area (Å²) < 4.78 is 0.194. The Bertz CT molecular complexity index is 136. The maximum absolute atomic E-state index is 11.0. The zero-order valence-corrected chi connectivity index (χ0v) is 7.91. The van der Waals surface area contributed by atoms with Gasteiger partial charge in [0, 0.05) is 5.41 Å². The Hall–Kier alpha value is 0.150. The van der Waals surface area contributed by atoms with Gasteiger partial charge in [-0.2, -0.15) is 0 Å². The van der Waals surface area contributed by atoms with Crippen LogP contribution in [0.3, 0.4) is 0 Å². The average Bonchev–Trinajstić information content (AvgIpc) is 1.89. The van der Waals surface area contributed by atoms with Crippen molar-refractivity contribution in [3.63, 3.8) is 0 Å². The van der Waals surface area contributed by atoms with E-state index >= 15 is 0 Å². The molecule has 1 saturated carbocycles. The van der Waals surface area contributed by atoms with Gasteiger partial charge in [0.1, 0.15) is 0 Å². The zero-order valence-electron chi connectivity index (χ0n) is 6.32. The summed E-state index contributed by atoms with van der Waals surface area (Å²) in [6, 6.07) is 0. The van der Waals surface area contributed by atoms with Crippen LogP contribution in [-0.4, -0.2) is 4.69 Å². The molecule has 0 amide bonds. The molecule has 2 heteroatoms. The summed E-state index contributed by atoms with van der Waals surface area (Å²) in [7, 11) is 0. The molecule has 0 atom stereocenters. The van der Waals surface area contributed by atoms with Crippen molar-refractivity contribution < 1.29 is 4.79 Å². The van der Waals surface area contributed by atoms with Crippen LogP contribution < -0.4 is 0 Å². The quantitative estimate of drug-likeness (QED) is 0.601. The lowest BCUT2D eigenvalue weighted by atomic mass is 9.77. The Morgan fingerprint density at radius 2 is 1.80 bits per heavy atom. The van der Waals surface area contributed by atoms with Crippen molar-refractivity contribution in [2.45, 2.75) is 39.0 Å². The van der Waals surface area contributed by atoms with E-state index in [1.54, 1.807) is 0 Å². The minimum absolute atomic E-state index is 0.0434. The van der Waals surface area contributed by atoms with E-state index in [9.17, 15) is 4.79 Å². The van der Waals surface area contributed by atoms with Crippen LogP contribution >= 0.6 is 15.9 Å². The molecule has 0 aliphatic heterocycles. The van der Waals surface area contributed by atoms with Gasteiger partial charge in [-0.3, -0.25) is 4.79 Å². The number of carbonyl (C=O) groups excluding carboxylic acids is 1. The third-order valence-electron chi connectivity index (χ3n) is 2.43. The highest BCUT2D eigenvalue weighted by Crippen LogP contribution is 2.37. The maximum Gasteiger partial charge on any atom is 0.203 e. The number of hydrogen-bond acceptors (Lipinski definition) is 1. The van der Waals surface area contributed by atoms with E-state index in [1.807, 2.05) is 0 Å². The second-order valence-corrected chi connectivity index (χ2v) is 4.12. The molecule has 0 bridgehead atoms. The third kappa shape index (κ3) is 1.60. The summed E-state index contributed by atoms with van der Waals surface area (Å²) in [5.74, 6) is 0. The molecule has 0 saturated heterocycles. The minimum Gasteiger partial charge on any atom is -0.286 e. The van der Waals surface area contributed by atoms with Crippen molar-refractivity contribution in [2.75, 3.05) is 0 Å². The Kier molecular flexibility index (Phi) is 2.50. The van der Waals surface area contributed by atoms with Gasteiger partial charge in [-0.25, -0.2) is 0 Å². The van der Waals surface area contributed by atoms with E-state index in [0.717, 1.165) is 12.8 Å². The molecular formula is C8H13BrO. The van der Waals surface area contributed by atoms with Crippen LogP contribution in [0.1, 0.15) is 39.0 Å². The lowest BCUT2D eigenvalue weighted by Crippen LogP contribution is -2.26. The van der Waals surface area contributed by atoms with E-state index in [2.05, 4.69) is 22.9 Å². The summed E-state index contributed by atoms with van der Waals surface area (Å²) in [5, 5.41) is 0. The lowest BCUT2D eigenvalue weighted by molar-refractivity contribution is -0.119. The zero-order chi connectivity index (χ0) is 7.61. The highest BCUT2D eigenvalue weighted by molar-refractivity contribution is 9.18. The lowest BCUT2D eigenvalue weighted by Gasteiger charge is -2.29. The highest BCUT2D eigenvalue weighted by Gasteiger charge is 2.32. The Labute approximate surface area is 70.3 Å². The second kappa shape index (κ2) is 3.04. The molecule has 0 aromatic rings. The molecule has 0 spiro atoms. The van der Waals surface area contributed by atoms with Crippen LogP contribution in [-0.2, 0) is 4.79 Å². The molecule has 1 rings (SSSR count). The Balaban J connectivity index is 2.56. The van der Waals surface area contributed by atoms with Gasteiger partial charge in [0.15, 0.2) is 0 Å². The molecule has 0 heterocycles. The smallest absolute Gasteiger partial charge is 0.203 e. The monoisotopic (exact) mass is 204 g/mol. The fourth-order valence-corrected chi connectivity index (χ4v) is 1.93. The van der Waals surface area contributed by atoms with E-state index < -0.39 is 0 Å². The first-order valence-electron chi connectivity index (χ1n) is 3.85. The van der Waals surface area contributed by atoms with E-state index in [0.29, 0.717) is 0 Å². The van der Waals surface area contributed by atoms with Crippen LogP contribution in [0.5, 0.6) is 0 Å². The van der Waals surface area contributed by atoms with Crippen LogP contribution in [0.15, 0.2) is 0 Å². The van der Waals surface area contributed by atoms with Gasteiger partial charge in [0.25, 0.3) is 0 Å². The fraction of sp³-hybridized carbons (Fsp3) is 0.875. The van der Waals surface area contributed by atoms with Crippen LogP contribution in [0.25, 0.3) is 0 Å². The van der Waals surface area contributed by atoms with Gasteiger partial charge in [0.2, 0.25) is 4.69 Å². The summed E-state index contributed by atoms with van der Waals surface area (Å²) in [4.78, 5) is 11.0. The summed E-state index contributed by atoms with van der Waals surface area (Å²) in [6.45, 7) is 2.06. The van der Waals surface area contributed by atoms with Gasteiger partial charge in [-0.1, -0.05) is 26.2 Å². The van der Waals surface area contributed by atoms with Crippen molar-refractivity contribution in [2.24, 2.45) is 5.41 Å². The first-order valence-corrected chi connectivity index (χ1v) is 4.64. The van der Waals surface area contributed by atoms with Gasteiger partial charge in [0.05, 0.1) is 0 Å². The van der Waals surface area contributed by atoms with E-state index in [1.165, 1.54) is 19.3 Å². The second-order valence-electron chi connectivity index (χ2n) is 3.40. The highest BCUT2D eigenvalue weighted by atomic mass is 79.9. The van der Waals surface area contributed by atoms with Crippen LogP contribution in [0, 0.1) is 5.41 Å². The predicted molar refractivity (Wildman–Crippen MR) is 45.1 cm³/mol. The van der Waals surface area contributed by atoms with Gasteiger partial charge >= 0.3 is 0 Å². The van der Waals surface area contributed by atoms with E-state index in [4.69, 9.17) is 0 Å². The van der Waals surface area contributed by atoms with Gasteiger partial charge in [-0.05, 0) is 28.8 Å². The molecule has 0 N–H and O–H groups in total. The summed E-state index contributed by atoms with van der Waals surface area (Å²) in [6.07, 6.45) is 5.87. The number of hydrogen-bond donors (Lipinski definition) is 0. The first kappa shape index (κ1) is 8.25. The largest absolute Gasteiger partial charge is 0.286 e. The number of carbonyl (C=O) groups is 1. The molecule has 1 fully saturated rings. The maximum atomic E-state index is 11.0. The van der Waals surface area contributed by atoms with Gasteiger partial charge < -0.3 is 0 Å².